The smallest absolute Gasteiger partial charge is 0.282 e. The van der Waals surface area contributed by atoms with Gasteiger partial charge in [0, 0.05) is 8.04 Å². The summed E-state index contributed by atoms with van der Waals surface area (Å²) in [6.07, 6.45) is 1.52. The number of hydrazine groups is 1. The zero-order valence-corrected chi connectivity index (χ0v) is 17.6. The molecule has 0 radical (unpaired) electrons. The highest BCUT2D eigenvalue weighted by Gasteiger charge is 2.34. The fourth-order valence-electron chi connectivity index (χ4n) is 2.47. The van der Waals surface area contributed by atoms with Gasteiger partial charge >= 0.3 is 0 Å². The lowest BCUT2D eigenvalue weighted by Crippen LogP contribution is -2.35. The maximum absolute atomic E-state index is 12.7. The van der Waals surface area contributed by atoms with E-state index in [1.807, 2.05) is 12.1 Å². The van der Waals surface area contributed by atoms with Crippen LogP contribution in [-0.2, 0) is 9.59 Å². The largest absolute Gasteiger partial charge is 0.493 e. The molecule has 3 rings (SSSR count). The van der Waals surface area contributed by atoms with Gasteiger partial charge in [0.05, 0.1) is 19.9 Å². The molecule has 1 saturated heterocycles. The number of rotatable bonds is 4. The van der Waals surface area contributed by atoms with E-state index >= 15 is 0 Å². The molecule has 8 heteroatoms. The van der Waals surface area contributed by atoms with Gasteiger partial charge in [-0.3, -0.25) is 15.0 Å². The van der Waals surface area contributed by atoms with E-state index in [4.69, 9.17) is 9.47 Å². The second-order valence-corrected chi connectivity index (χ2v) is 7.44. The van der Waals surface area contributed by atoms with Crippen LogP contribution in [-0.4, -0.2) is 26.0 Å². The van der Waals surface area contributed by atoms with Crippen LogP contribution in [0.4, 0.5) is 5.69 Å². The van der Waals surface area contributed by atoms with Crippen molar-refractivity contribution < 1.29 is 19.1 Å². The third-order valence-electron chi connectivity index (χ3n) is 3.78. The molecule has 2 amide bonds. The van der Waals surface area contributed by atoms with Gasteiger partial charge in [-0.05, 0) is 70.6 Å². The van der Waals surface area contributed by atoms with Gasteiger partial charge in [0.25, 0.3) is 11.8 Å². The fourth-order valence-corrected chi connectivity index (χ4v) is 3.26. The molecule has 1 aliphatic rings. The molecule has 2 aromatic carbocycles. The van der Waals surface area contributed by atoms with Crippen LogP contribution < -0.4 is 19.9 Å². The first-order valence-corrected chi connectivity index (χ1v) is 9.36. The van der Waals surface area contributed by atoms with Crippen LogP contribution in [0.25, 0.3) is 6.08 Å². The van der Waals surface area contributed by atoms with Crippen LogP contribution in [0.15, 0.2) is 46.4 Å². The number of anilines is 1. The third kappa shape index (κ3) is 3.56. The van der Waals surface area contributed by atoms with Crippen molar-refractivity contribution in [3.05, 3.63) is 55.6 Å². The van der Waals surface area contributed by atoms with Crippen LogP contribution in [0.1, 0.15) is 5.56 Å². The van der Waals surface area contributed by atoms with Crippen LogP contribution in [0.2, 0.25) is 0 Å². The number of amides is 2. The third-order valence-corrected chi connectivity index (χ3v) is 5.18. The van der Waals surface area contributed by atoms with Crippen molar-refractivity contribution in [1.82, 2.24) is 5.43 Å². The van der Waals surface area contributed by atoms with Crippen molar-refractivity contribution >= 4 is 62.1 Å². The van der Waals surface area contributed by atoms with Gasteiger partial charge in [-0.15, -0.1) is 0 Å². The molecule has 0 saturated carbocycles. The predicted octanol–water partition coefficient (Wildman–Crippen LogP) is 3.53. The minimum absolute atomic E-state index is 0.0384. The van der Waals surface area contributed by atoms with E-state index in [9.17, 15) is 9.59 Å². The van der Waals surface area contributed by atoms with Gasteiger partial charge < -0.3 is 9.47 Å². The summed E-state index contributed by atoms with van der Waals surface area (Å²) in [6, 6.07) is 10.7. The summed E-state index contributed by atoms with van der Waals surface area (Å²) >= 11 is 5.60. The normalized spacial score (nSPS) is 15.4. The Morgan fingerprint density at radius 1 is 1.08 bits per heavy atom. The second kappa shape index (κ2) is 7.67. The number of methoxy groups -OCH3 is 2. The molecular formula is C18H14BrIN2O4. The SMILES string of the molecule is COc1cc(Br)c(/C=C2/C(=O)NN(c3ccc(I)cc3)C2=O)cc1OC. The molecule has 0 spiro atoms. The average molecular weight is 529 g/mol. The molecule has 1 heterocycles. The lowest BCUT2D eigenvalue weighted by atomic mass is 10.1. The average Bonchev–Trinajstić information content (AvgIpc) is 2.91. The maximum Gasteiger partial charge on any atom is 0.282 e. The van der Waals surface area contributed by atoms with Gasteiger partial charge in [-0.1, -0.05) is 15.9 Å². The van der Waals surface area contributed by atoms with E-state index < -0.39 is 11.8 Å². The Bertz CT molecular complexity index is 912. The summed E-state index contributed by atoms with van der Waals surface area (Å²) in [5.41, 5.74) is 3.85. The molecule has 6 nitrogen and oxygen atoms in total. The number of hydrogen-bond donors (Lipinski definition) is 1. The summed E-state index contributed by atoms with van der Waals surface area (Å²) < 4.78 is 12.2. The van der Waals surface area contributed by atoms with Crippen molar-refractivity contribution in [1.29, 1.82) is 0 Å². The van der Waals surface area contributed by atoms with E-state index in [0.717, 1.165) is 3.57 Å². The number of carbonyl (C=O) groups excluding carboxylic acids is 2. The molecule has 0 aliphatic carbocycles. The highest BCUT2D eigenvalue weighted by atomic mass is 127. The number of nitrogens with zero attached hydrogens (tertiary/aromatic N) is 1. The van der Waals surface area contributed by atoms with E-state index in [1.54, 1.807) is 24.3 Å². The Balaban J connectivity index is 1.98. The molecule has 26 heavy (non-hydrogen) atoms. The number of benzene rings is 2. The van der Waals surface area contributed by atoms with Gasteiger partial charge in [0.15, 0.2) is 11.5 Å². The first kappa shape index (κ1) is 18.7. The second-order valence-electron chi connectivity index (χ2n) is 5.34. The number of halogens is 2. The Morgan fingerprint density at radius 2 is 1.69 bits per heavy atom. The Labute approximate surface area is 172 Å². The van der Waals surface area contributed by atoms with E-state index in [1.165, 1.54) is 25.3 Å². The van der Waals surface area contributed by atoms with Crippen molar-refractivity contribution in [3.63, 3.8) is 0 Å². The molecule has 1 aliphatic heterocycles. The Kier molecular flexibility index (Phi) is 5.52. The molecule has 0 bridgehead atoms. The summed E-state index contributed by atoms with van der Waals surface area (Å²) in [5.74, 6) is 0.167. The lowest BCUT2D eigenvalue weighted by molar-refractivity contribution is -0.117. The summed E-state index contributed by atoms with van der Waals surface area (Å²) in [6.45, 7) is 0. The monoisotopic (exact) mass is 528 g/mol. The predicted molar refractivity (Wildman–Crippen MR) is 110 cm³/mol. The fraction of sp³-hybridized carbons (Fsp3) is 0.111. The highest BCUT2D eigenvalue weighted by molar-refractivity contribution is 14.1. The highest BCUT2D eigenvalue weighted by Crippen LogP contribution is 2.35. The number of hydrogen-bond acceptors (Lipinski definition) is 4. The van der Waals surface area contributed by atoms with Crippen LogP contribution in [0.5, 0.6) is 11.5 Å². The molecular weight excluding hydrogens is 515 g/mol. The van der Waals surface area contributed by atoms with Crippen LogP contribution in [0, 0.1) is 3.57 Å². The zero-order chi connectivity index (χ0) is 18.8. The van der Waals surface area contributed by atoms with Gasteiger partial charge in [0.2, 0.25) is 0 Å². The van der Waals surface area contributed by atoms with Gasteiger partial charge in [0.1, 0.15) is 5.57 Å². The van der Waals surface area contributed by atoms with Crippen molar-refractivity contribution in [2.45, 2.75) is 0 Å². The molecule has 2 aromatic rings. The van der Waals surface area contributed by atoms with Gasteiger partial charge in [-0.25, -0.2) is 5.01 Å². The topological polar surface area (TPSA) is 67.9 Å². The summed E-state index contributed by atoms with van der Waals surface area (Å²) in [5, 5.41) is 1.24. The number of nitrogens with one attached hydrogen (secondary N) is 1. The minimum Gasteiger partial charge on any atom is -0.493 e. The van der Waals surface area contributed by atoms with Crippen molar-refractivity contribution in [3.8, 4) is 11.5 Å². The Hall–Kier alpha value is -2.07. The molecule has 134 valence electrons. The molecule has 0 atom stereocenters. The van der Waals surface area contributed by atoms with Crippen LogP contribution in [0.3, 0.4) is 0 Å². The molecule has 0 unspecified atom stereocenters. The zero-order valence-electron chi connectivity index (χ0n) is 13.9. The van der Waals surface area contributed by atoms with E-state index in [-0.39, 0.29) is 5.57 Å². The lowest BCUT2D eigenvalue weighted by Gasteiger charge is -2.14. The summed E-state index contributed by atoms with van der Waals surface area (Å²) in [4.78, 5) is 25.0. The van der Waals surface area contributed by atoms with Crippen molar-refractivity contribution in [2.24, 2.45) is 0 Å². The molecule has 0 aromatic heterocycles. The number of ether oxygens (including phenoxy) is 2. The first-order valence-electron chi connectivity index (χ1n) is 7.49. The first-order chi connectivity index (χ1) is 12.4. The van der Waals surface area contributed by atoms with Crippen molar-refractivity contribution in [2.75, 3.05) is 19.2 Å². The van der Waals surface area contributed by atoms with E-state index in [2.05, 4.69) is 43.9 Å². The Morgan fingerprint density at radius 3 is 2.31 bits per heavy atom. The minimum atomic E-state index is -0.463. The molecule has 1 N–H and O–H groups in total. The standard InChI is InChI=1S/C18H14BrIN2O4/c1-25-15-8-10(14(19)9-16(15)26-2)7-13-17(23)21-22(18(13)24)12-5-3-11(20)4-6-12/h3-9H,1-2H3,(H,21,23)/b13-7-. The quantitative estimate of drug-likeness (QED) is 0.374. The maximum atomic E-state index is 12.7. The van der Waals surface area contributed by atoms with E-state index in [0.29, 0.717) is 27.2 Å². The number of carbonyl (C=O) groups is 2. The van der Waals surface area contributed by atoms with Gasteiger partial charge in [-0.2, -0.15) is 0 Å². The van der Waals surface area contributed by atoms with Crippen LogP contribution >= 0.6 is 38.5 Å². The summed E-state index contributed by atoms with van der Waals surface area (Å²) in [7, 11) is 3.06. The molecule has 1 fully saturated rings.